The van der Waals surface area contributed by atoms with Gasteiger partial charge in [0.15, 0.2) is 0 Å². The number of anilines is 1. The predicted octanol–water partition coefficient (Wildman–Crippen LogP) is 3.54. The summed E-state index contributed by atoms with van der Waals surface area (Å²) in [5, 5.41) is 14.8. The highest BCUT2D eigenvalue weighted by molar-refractivity contribution is 7.89. The molecule has 4 rings (SSSR count). The quantitative estimate of drug-likeness (QED) is 0.160. The normalized spacial score (nSPS) is 15.8. The zero-order chi connectivity index (χ0) is 35.2. The van der Waals surface area contributed by atoms with Gasteiger partial charge in [0, 0.05) is 25.5 Å². The van der Waals surface area contributed by atoms with Crippen LogP contribution in [0.25, 0.3) is 0 Å². The number of amides is 4. The van der Waals surface area contributed by atoms with Crippen LogP contribution >= 0.6 is 11.6 Å². The molecule has 0 aliphatic carbocycles. The maximum atomic E-state index is 14.0. The molecular weight excluding hydrogens is 656 g/mol. The fraction of sp³-hybridized carbons (Fsp3) is 0.412. The molecule has 14 heteroatoms. The molecule has 3 aromatic rings. The smallest absolute Gasteiger partial charge is 0.328 e. The van der Waals surface area contributed by atoms with Crippen molar-refractivity contribution in [3.63, 3.8) is 0 Å². The van der Waals surface area contributed by atoms with Crippen molar-refractivity contribution in [2.24, 2.45) is 11.8 Å². The molecule has 1 aliphatic heterocycles. The summed E-state index contributed by atoms with van der Waals surface area (Å²) < 4.78 is 28.8. The summed E-state index contributed by atoms with van der Waals surface area (Å²) in [5.41, 5.74) is 7.47. The fourth-order valence-electron chi connectivity index (χ4n) is 5.68. The van der Waals surface area contributed by atoms with Crippen molar-refractivity contribution in [1.29, 1.82) is 0 Å². The number of hydrogen-bond donors (Lipinski definition) is 3. The Bertz CT molecular complexity index is 1690. The van der Waals surface area contributed by atoms with Crippen LogP contribution in [0.15, 0.2) is 78.0 Å². The summed E-state index contributed by atoms with van der Waals surface area (Å²) in [4.78, 5) is 46.8. The Morgan fingerprint density at radius 3 is 2.33 bits per heavy atom. The monoisotopic (exact) mass is 698 g/mol. The summed E-state index contributed by atoms with van der Waals surface area (Å²) in [7, 11) is -4.13. The van der Waals surface area contributed by atoms with E-state index in [2.05, 4.69) is 10.3 Å². The number of carbonyl (C=O) groups excluding carboxylic acids is 3. The number of aliphatic hydroxyl groups excluding tert-OH is 1. The first-order chi connectivity index (χ1) is 22.7. The number of nitrogens with zero attached hydrogens (tertiary/aromatic N) is 4. The minimum Gasteiger partial charge on any atom is -0.397 e. The first-order valence-electron chi connectivity index (χ1n) is 15.8. The van der Waals surface area contributed by atoms with Crippen LogP contribution in [-0.4, -0.2) is 88.3 Å². The highest BCUT2D eigenvalue weighted by Crippen LogP contribution is 2.26. The highest BCUT2D eigenvalue weighted by Gasteiger charge is 2.44. The number of urea groups is 1. The van der Waals surface area contributed by atoms with Gasteiger partial charge in [-0.1, -0.05) is 75.7 Å². The number of carbonyl (C=O) groups is 3. The van der Waals surface area contributed by atoms with Gasteiger partial charge in [-0.3, -0.25) is 19.5 Å². The number of benzene rings is 2. The molecule has 1 aromatic heterocycles. The van der Waals surface area contributed by atoms with E-state index in [0.29, 0.717) is 5.56 Å². The van der Waals surface area contributed by atoms with Gasteiger partial charge in [0.1, 0.15) is 12.6 Å². The number of hydrogen-bond acceptors (Lipinski definition) is 8. The van der Waals surface area contributed by atoms with Gasteiger partial charge in [-0.2, -0.15) is 4.31 Å². The zero-order valence-corrected chi connectivity index (χ0v) is 29.1. The molecule has 12 nitrogen and oxygen atoms in total. The van der Waals surface area contributed by atoms with E-state index in [4.69, 9.17) is 17.3 Å². The van der Waals surface area contributed by atoms with E-state index in [1.807, 2.05) is 44.2 Å². The molecule has 0 radical (unpaired) electrons. The molecule has 0 saturated carbocycles. The average Bonchev–Trinajstić information content (AvgIpc) is 3.30. The number of nitrogens with one attached hydrogen (secondary N) is 1. The van der Waals surface area contributed by atoms with Crippen LogP contribution < -0.4 is 11.1 Å². The summed E-state index contributed by atoms with van der Waals surface area (Å²) in [5.74, 6) is -1.51. The van der Waals surface area contributed by atoms with Gasteiger partial charge in [-0.15, -0.1) is 0 Å². The zero-order valence-electron chi connectivity index (χ0n) is 27.5. The third-order valence-corrected chi connectivity index (χ3v) is 10.2. The number of halogens is 1. The largest absolute Gasteiger partial charge is 0.397 e. The molecular formula is C34H43ClN6O6S. The maximum absolute atomic E-state index is 14.0. The van der Waals surface area contributed by atoms with Crippen molar-refractivity contribution in [2.45, 2.75) is 63.7 Å². The van der Waals surface area contributed by atoms with Gasteiger partial charge >= 0.3 is 6.03 Å². The Hall–Kier alpha value is -4.04. The first kappa shape index (κ1) is 36.8. The maximum Gasteiger partial charge on any atom is 0.328 e. The highest BCUT2D eigenvalue weighted by atomic mass is 35.5. The number of rotatable bonds is 15. The third kappa shape index (κ3) is 8.90. The average molecular weight is 699 g/mol. The topological polar surface area (TPSA) is 166 Å². The second-order valence-corrected chi connectivity index (χ2v) is 15.1. The number of nitrogen functional groups attached to an aromatic ring is 1. The Labute approximate surface area is 286 Å². The summed E-state index contributed by atoms with van der Waals surface area (Å²) >= 11 is 6.04. The van der Waals surface area contributed by atoms with E-state index in [0.717, 1.165) is 10.5 Å². The number of aliphatic hydroxyl groups is 1. The Morgan fingerprint density at radius 2 is 1.73 bits per heavy atom. The lowest BCUT2D eigenvalue weighted by atomic mass is 9.97. The van der Waals surface area contributed by atoms with Crippen molar-refractivity contribution >= 4 is 45.2 Å². The second kappa shape index (κ2) is 15.9. The lowest BCUT2D eigenvalue weighted by Gasteiger charge is -2.34. The van der Waals surface area contributed by atoms with E-state index >= 15 is 0 Å². The lowest BCUT2D eigenvalue weighted by Crippen LogP contribution is -2.57. The number of pyridine rings is 1. The van der Waals surface area contributed by atoms with E-state index < -0.39 is 52.0 Å². The molecule has 1 fully saturated rings. The third-order valence-electron chi connectivity index (χ3n) is 8.04. The first-order valence-corrected chi connectivity index (χ1v) is 17.6. The van der Waals surface area contributed by atoms with Crippen molar-refractivity contribution in [3.05, 3.63) is 89.2 Å². The minimum atomic E-state index is -4.13. The molecule has 258 valence electrons. The van der Waals surface area contributed by atoms with Crippen LogP contribution in [-0.2, 0) is 32.6 Å². The van der Waals surface area contributed by atoms with Crippen LogP contribution in [0.3, 0.4) is 0 Å². The Morgan fingerprint density at radius 1 is 1.04 bits per heavy atom. The molecule has 2 aromatic carbocycles. The Balaban J connectivity index is 1.60. The molecule has 1 saturated heterocycles. The number of imide groups is 1. The second-order valence-electron chi connectivity index (χ2n) is 12.7. The van der Waals surface area contributed by atoms with E-state index in [-0.39, 0.29) is 54.1 Å². The number of aromatic nitrogens is 1. The van der Waals surface area contributed by atoms with Crippen LogP contribution in [0.4, 0.5) is 10.5 Å². The van der Waals surface area contributed by atoms with Crippen LogP contribution in [0.5, 0.6) is 0 Å². The van der Waals surface area contributed by atoms with Gasteiger partial charge < -0.3 is 21.1 Å². The molecule has 3 atom stereocenters. The number of nitrogens with two attached hydrogens (primary N) is 1. The van der Waals surface area contributed by atoms with Crippen LogP contribution in [0, 0.1) is 11.8 Å². The molecule has 2 heterocycles. The summed E-state index contributed by atoms with van der Waals surface area (Å²) in [6.07, 6.45) is 1.96. The van der Waals surface area contributed by atoms with Gasteiger partial charge in [0.05, 0.1) is 34.3 Å². The molecule has 4 N–H and O–H groups in total. The molecule has 1 unspecified atom stereocenters. The lowest BCUT2D eigenvalue weighted by molar-refractivity contribution is -0.129. The van der Waals surface area contributed by atoms with E-state index in [9.17, 15) is 27.9 Å². The van der Waals surface area contributed by atoms with E-state index in [1.165, 1.54) is 27.4 Å². The van der Waals surface area contributed by atoms with Gasteiger partial charge in [0.2, 0.25) is 15.9 Å². The molecule has 1 aliphatic rings. The molecule has 0 spiro atoms. The Kier molecular flexibility index (Phi) is 12.2. The van der Waals surface area contributed by atoms with Crippen LogP contribution in [0.2, 0.25) is 5.02 Å². The van der Waals surface area contributed by atoms with Crippen molar-refractivity contribution < 1.29 is 27.9 Å². The summed E-state index contributed by atoms with van der Waals surface area (Å²) in [6.45, 7) is 6.72. The van der Waals surface area contributed by atoms with Crippen LogP contribution in [0.1, 0.15) is 38.8 Å². The van der Waals surface area contributed by atoms with Gasteiger partial charge in [-0.05, 0) is 53.6 Å². The van der Waals surface area contributed by atoms with Crippen molar-refractivity contribution in [2.75, 3.05) is 25.4 Å². The molecule has 0 bridgehead atoms. The minimum absolute atomic E-state index is 0.0171. The number of sulfonamides is 1. The SMILES string of the molecule is CC(C)CN(C[C@@H](O)[C@H](Cc1ccccc1)NC(=O)C(C(C)C)N1CC(=O)N(Cc2cccnc2)C1=O)S(=O)(=O)c1ccc(Cl)c(N)c1. The molecule has 48 heavy (non-hydrogen) atoms. The molecule has 4 amide bonds. The van der Waals surface area contributed by atoms with E-state index in [1.54, 1.807) is 38.4 Å². The summed E-state index contributed by atoms with van der Waals surface area (Å²) in [6, 6.07) is 14.1. The van der Waals surface area contributed by atoms with Gasteiger partial charge in [-0.25, -0.2) is 13.2 Å². The van der Waals surface area contributed by atoms with Crippen molar-refractivity contribution in [3.8, 4) is 0 Å². The standard InChI is InChI=1S/C34H43ClN6O6S/c1-22(2)18-39(48(46,47)26-12-13-27(35)28(36)16-26)20-30(42)29(15-24-9-6-5-7-10-24)38-33(44)32(23(3)4)41-21-31(43)40(34(41)45)19-25-11-8-14-37-17-25/h5-14,16-17,22-23,29-30,32,42H,15,18-21,36H2,1-4H3,(H,38,44)/t29-,30+,32?/m0/s1. The fourth-order valence-corrected chi connectivity index (χ4v) is 7.45. The predicted molar refractivity (Wildman–Crippen MR) is 183 cm³/mol. The van der Waals surface area contributed by atoms with Crippen molar-refractivity contribution in [1.82, 2.24) is 24.4 Å². The van der Waals surface area contributed by atoms with Gasteiger partial charge in [0.25, 0.3) is 5.91 Å².